The van der Waals surface area contributed by atoms with Crippen molar-refractivity contribution in [3.63, 3.8) is 0 Å². The van der Waals surface area contributed by atoms with Crippen molar-refractivity contribution in [3.05, 3.63) is 35.9 Å². The highest BCUT2D eigenvalue weighted by atomic mass is 16.3. The van der Waals surface area contributed by atoms with E-state index in [1.807, 2.05) is 6.07 Å². The summed E-state index contributed by atoms with van der Waals surface area (Å²) in [5.41, 5.74) is 1.30. The van der Waals surface area contributed by atoms with Gasteiger partial charge in [-0.2, -0.15) is 0 Å². The molecule has 1 radical (unpaired) electrons. The van der Waals surface area contributed by atoms with Crippen molar-refractivity contribution in [3.8, 4) is 0 Å². The minimum Gasteiger partial charge on any atom is -0.392 e. The molecule has 1 atom stereocenters. The smallest absolute Gasteiger partial charge is 0.0822 e. The molecule has 22 heavy (non-hydrogen) atoms. The molecule has 1 rings (SSSR count). The molecule has 0 heterocycles. The third-order valence-corrected chi connectivity index (χ3v) is 4.10. The van der Waals surface area contributed by atoms with Crippen LogP contribution < -0.4 is 0 Å². The van der Waals surface area contributed by atoms with Gasteiger partial charge in [0.25, 0.3) is 0 Å². The van der Waals surface area contributed by atoms with Gasteiger partial charge in [-0.25, -0.2) is 5.11 Å². The van der Waals surface area contributed by atoms with E-state index in [9.17, 15) is 10.2 Å². The number of rotatable bonds is 13. The van der Waals surface area contributed by atoms with Crippen LogP contribution in [0.2, 0.25) is 0 Å². The highest BCUT2D eigenvalue weighted by Gasteiger charge is 2.10. The first kappa shape index (κ1) is 19.1. The van der Waals surface area contributed by atoms with Crippen molar-refractivity contribution < 1.29 is 10.2 Å². The highest BCUT2D eigenvalue weighted by Crippen LogP contribution is 2.11. The average Bonchev–Trinajstić information content (AvgIpc) is 2.54. The SMILES string of the molecule is CCN(Cc1ccccc1)CC(O)CCCCCCCC[O]. The van der Waals surface area contributed by atoms with Gasteiger partial charge in [-0.15, -0.1) is 0 Å². The van der Waals surface area contributed by atoms with Crippen LogP contribution >= 0.6 is 0 Å². The molecule has 1 unspecified atom stereocenters. The predicted octanol–water partition coefficient (Wildman–Crippen LogP) is 4.03. The molecule has 0 aliphatic heterocycles. The first-order valence-corrected chi connectivity index (χ1v) is 8.78. The van der Waals surface area contributed by atoms with Gasteiger partial charge in [-0.1, -0.05) is 69.4 Å². The van der Waals surface area contributed by atoms with Crippen molar-refractivity contribution in [1.29, 1.82) is 0 Å². The number of nitrogens with zero attached hydrogens (tertiary/aromatic N) is 1. The van der Waals surface area contributed by atoms with Crippen molar-refractivity contribution in [2.75, 3.05) is 19.7 Å². The zero-order valence-corrected chi connectivity index (χ0v) is 14.0. The fourth-order valence-electron chi connectivity index (χ4n) is 2.73. The number of aliphatic hydroxyl groups excluding tert-OH is 1. The van der Waals surface area contributed by atoms with Gasteiger partial charge in [0.1, 0.15) is 0 Å². The third kappa shape index (κ3) is 9.19. The molecule has 3 nitrogen and oxygen atoms in total. The largest absolute Gasteiger partial charge is 0.392 e. The van der Waals surface area contributed by atoms with Gasteiger partial charge in [0.15, 0.2) is 0 Å². The van der Waals surface area contributed by atoms with Gasteiger partial charge in [0, 0.05) is 13.1 Å². The molecular weight excluding hydrogens is 274 g/mol. The third-order valence-electron chi connectivity index (χ3n) is 4.10. The number of benzene rings is 1. The summed E-state index contributed by atoms with van der Waals surface area (Å²) in [5, 5.41) is 20.5. The number of hydrogen-bond acceptors (Lipinski definition) is 2. The Morgan fingerprint density at radius 3 is 2.27 bits per heavy atom. The molecular formula is C19H32NO2. The van der Waals surface area contributed by atoms with E-state index in [0.717, 1.165) is 51.7 Å². The molecule has 1 aromatic rings. The lowest BCUT2D eigenvalue weighted by Gasteiger charge is -2.23. The quantitative estimate of drug-likeness (QED) is 0.559. The number of likely N-dealkylation sites (N-methyl/N-ethyl adjacent to an activating group) is 1. The monoisotopic (exact) mass is 306 g/mol. The standard InChI is InChI=1S/C19H32NO2/c1-2-20(16-18-12-8-7-9-13-18)17-19(22)14-10-5-3-4-6-11-15-21/h7-9,12-13,19,22H,2-6,10-11,14-17H2,1H3. The van der Waals surface area contributed by atoms with Gasteiger partial charge >= 0.3 is 0 Å². The van der Waals surface area contributed by atoms with E-state index in [-0.39, 0.29) is 12.7 Å². The van der Waals surface area contributed by atoms with E-state index >= 15 is 0 Å². The Balaban J connectivity index is 2.12. The van der Waals surface area contributed by atoms with E-state index in [4.69, 9.17) is 0 Å². The minimum atomic E-state index is -0.231. The maximum atomic E-state index is 10.3. The molecule has 0 amide bonds. The van der Waals surface area contributed by atoms with E-state index in [0.29, 0.717) is 0 Å². The molecule has 1 aromatic carbocycles. The predicted molar refractivity (Wildman–Crippen MR) is 91.3 cm³/mol. The van der Waals surface area contributed by atoms with Crippen LogP contribution in [-0.2, 0) is 11.7 Å². The van der Waals surface area contributed by atoms with Crippen molar-refractivity contribution >= 4 is 0 Å². The van der Waals surface area contributed by atoms with Gasteiger partial charge in [-0.3, -0.25) is 4.90 Å². The Bertz CT molecular complexity index is 356. The second-order valence-electron chi connectivity index (χ2n) is 6.08. The summed E-state index contributed by atoms with van der Waals surface area (Å²) in [6, 6.07) is 10.4. The summed E-state index contributed by atoms with van der Waals surface area (Å²) in [4.78, 5) is 2.30. The van der Waals surface area contributed by atoms with Crippen LogP contribution in [0.5, 0.6) is 0 Å². The zero-order valence-electron chi connectivity index (χ0n) is 14.0. The molecule has 0 aliphatic carbocycles. The van der Waals surface area contributed by atoms with Crippen LogP contribution in [0.4, 0.5) is 0 Å². The lowest BCUT2D eigenvalue weighted by Crippen LogP contribution is -2.31. The van der Waals surface area contributed by atoms with Gasteiger partial charge in [0.05, 0.1) is 12.7 Å². The van der Waals surface area contributed by atoms with Gasteiger partial charge in [0.2, 0.25) is 0 Å². The summed E-state index contributed by atoms with van der Waals surface area (Å²) in [6.07, 6.45) is 7.13. The maximum Gasteiger partial charge on any atom is 0.0822 e. The summed E-state index contributed by atoms with van der Waals surface area (Å²) >= 11 is 0. The summed E-state index contributed by atoms with van der Waals surface area (Å²) in [5.74, 6) is 0. The van der Waals surface area contributed by atoms with E-state index in [1.54, 1.807) is 0 Å². The summed E-state index contributed by atoms with van der Waals surface area (Å²) in [6.45, 7) is 4.82. The fraction of sp³-hybridized carbons (Fsp3) is 0.684. The van der Waals surface area contributed by atoms with Crippen molar-refractivity contribution in [2.24, 2.45) is 0 Å². The van der Waals surface area contributed by atoms with Crippen LogP contribution in [0.3, 0.4) is 0 Å². The molecule has 125 valence electrons. The van der Waals surface area contributed by atoms with Crippen molar-refractivity contribution in [2.45, 2.75) is 64.5 Å². The van der Waals surface area contributed by atoms with Crippen LogP contribution in [0.25, 0.3) is 0 Å². The Morgan fingerprint density at radius 1 is 1.00 bits per heavy atom. The average molecular weight is 306 g/mol. The number of aliphatic hydroxyl groups is 1. The molecule has 0 fully saturated rings. The van der Waals surface area contributed by atoms with Crippen LogP contribution in [0.15, 0.2) is 30.3 Å². The van der Waals surface area contributed by atoms with Crippen molar-refractivity contribution in [1.82, 2.24) is 4.90 Å². The maximum absolute atomic E-state index is 10.3. The minimum absolute atomic E-state index is 0.0625. The molecule has 0 saturated carbocycles. The Morgan fingerprint density at radius 2 is 1.64 bits per heavy atom. The van der Waals surface area contributed by atoms with E-state index in [2.05, 4.69) is 36.1 Å². The second kappa shape index (κ2) is 12.6. The van der Waals surface area contributed by atoms with Gasteiger partial charge < -0.3 is 5.11 Å². The Kier molecular flexibility index (Phi) is 11.0. The first-order valence-electron chi connectivity index (χ1n) is 8.78. The van der Waals surface area contributed by atoms with Crippen LogP contribution in [0, 0.1) is 0 Å². The first-order chi connectivity index (χ1) is 10.8. The molecule has 0 spiro atoms. The normalized spacial score (nSPS) is 12.7. The lowest BCUT2D eigenvalue weighted by molar-refractivity contribution is 0.102. The fourth-order valence-corrected chi connectivity index (χ4v) is 2.73. The highest BCUT2D eigenvalue weighted by molar-refractivity contribution is 5.14. The lowest BCUT2D eigenvalue weighted by atomic mass is 10.1. The molecule has 1 N–H and O–H groups in total. The van der Waals surface area contributed by atoms with E-state index < -0.39 is 0 Å². The van der Waals surface area contributed by atoms with E-state index in [1.165, 1.54) is 18.4 Å². The molecule has 0 aromatic heterocycles. The summed E-state index contributed by atoms with van der Waals surface area (Å²) < 4.78 is 0. The molecule has 3 heteroatoms. The van der Waals surface area contributed by atoms with Gasteiger partial charge in [-0.05, 0) is 24.9 Å². The Hall–Kier alpha value is -0.900. The van der Waals surface area contributed by atoms with Crippen LogP contribution in [-0.4, -0.2) is 35.8 Å². The molecule has 0 aliphatic rings. The second-order valence-corrected chi connectivity index (χ2v) is 6.08. The molecule has 0 bridgehead atoms. The number of hydrogen-bond donors (Lipinski definition) is 1. The summed E-state index contributed by atoms with van der Waals surface area (Å²) in [7, 11) is 0. The number of unbranched alkanes of at least 4 members (excludes halogenated alkanes) is 5. The topological polar surface area (TPSA) is 43.4 Å². The molecule has 0 saturated heterocycles. The Labute approximate surface area is 136 Å². The van der Waals surface area contributed by atoms with Crippen LogP contribution in [0.1, 0.15) is 57.4 Å². The zero-order chi connectivity index (χ0) is 16.0.